The summed E-state index contributed by atoms with van der Waals surface area (Å²) in [6.45, 7) is 3.70. The van der Waals surface area contributed by atoms with E-state index in [0.29, 0.717) is 19.4 Å². The lowest BCUT2D eigenvalue weighted by Crippen LogP contribution is -1.97. The van der Waals surface area contributed by atoms with Crippen molar-refractivity contribution in [3.05, 3.63) is 12.2 Å². The van der Waals surface area contributed by atoms with Crippen molar-refractivity contribution >= 4 is 18.1 Å². The summed E-state index contributed by atoms with van der Waals surface area (Å²) in [4.78, 5) is 36.2. The Morgan fingerprint density at radius 2 is 2.00 bits per heavy atom. The number of isocyanates is 2. The SMILES string of the molecule is C=C(CCCN=C=O)C(=O)N=C=O. The number of aliphatic imine (C=N–C) groups is 2. The van der Waals surface area contributed by atoms with E-state index < -0.39 is 5.91 Å². The number of carbonyl (C=O) groups is 1. The van der Waals surface area contributed by atoms with E-state index in [2.05, 4.69) is 16.6 Å². The second-order valence-electron chi connectivity index (χ2n) is 2.19. The normalized spacial score (nSPS) is 8.00. The molecule has 0 bridgehead atoms. The highest BCUT2D eigenvalue weighted by Gasteiger charge is 2.03. The topological polar surface area (TPSA) is 75.9 Å². The molecule has 68 valence electrons. The molecule has 0 fully saturated rings. The maximum absolute atomic E-state index is 10.8. The van der Waals surface area contributed by atoms with Crippen molar-refractivity contribution in [1.82, 2.24) is 0 Å². The molecule has 0 aliphatic carbocycles. The van der Waals surface area contributed by atoms with Crippen LogP contribution in [0.15, 0.2) is 22.1 Å². The quantitative estimate of drug-likeness (QED) is 0.268. The second kappa shape index (κ2) is 6.85. The van der Waals surface area contributed by atoms with Crippen molar-refractivity contribution in [2.24, 2.45) is 9.98 Å². The predicted octanol–water partition coefficient (Wildman–Crippen LogP) is 0.521. The zero-order chi connectivity index (χ0) is 10.1. The highest BCUT2D eigenvalue weighted by molar-refractivity contribution is 5.96. The van der Waals surface area contributed by atoms with Gasteiger partial charge in [-0.3, -0.25) is 4.79 Å². The fourth-order valence-corrected chi connectivity index (χ4v) is 0.645. The minimum absolute atomic E-state index is 0.212. The Kier molecular flexibility index (Phi) is 5.89. The Morgan fingerprint density at radius 3 is 2.54 bits per heavy atom. The number of carbonyl (C=O) groups excluding carboxylic acids is 3. The Hall–Kier alpha value is -1.83. The van der Waals surface area contributed by atoms with Crippen LogP contribution < -0.4 is 0 Å². The van der Waals surface area contributed by atoms with Gasteiger partial charge in [-0.2, -0.15) is 0 Å². The molecular formula is C8H8N2O3. The van der Waals surface area contributed by atoms with Crippen molar-refractivity contribution in [3.63, 3.8) is 0 Å². The smallest absolute Gasteiger partial charge is 0.266 e. The Morgan fingerprint density at radius 1 is 1.31 bits per heavy atom. The third-order valence-corrected chi connectivity index (χ3v) is 1.26. The summed E-state index contributed by atoms with van der Waals surface area (Å²) in [6.07, 6.45) is 3.36. The van der Waals surface area contributed by atoms with Gasteiger partial charge in [0.25, 0.3) is 5.91 Å². The van der Waals surface area contributed by atoms with Gasteiger partial charge in [0.05, 0.1) is 6.54 Å². The average molecular weight is 180 g/mol. The number of hydrogen-bond donors (Lipinski definition) is 0. The van der Waals surface area contributed by atoms with Crippen LogP contribution in [0.25, 0.3) is 0 Å². The van der Waals surface area contributed by atoms with Crippen molar-refractivity contribution < 1.29 is 14.4 Å². The van der Waals surface area contributed by atoms with Gasteiger partial charge in [-0.05, 0) is 12.8 Å². The van der Waals surface area contributed by atoms with E-state index in [1.165, 1.54) is 6.08 Å². The van der Waals surface area contributed by atoms with Crippen LogP contribution >= 0.6 is 0 Å². The van der Waals surface area contributed by atoms with Crippen LogP contribution in [0.2, 0.25) is 0 Å². The molecule has 1 amide bonds. The highest BCUT2D eigenvalue weighted by atomic mass is 16.2. The van der Waals surface area contributed by atoms with Crippen LogP contribution in [-0.2, 0) is 14.4 Å². The molecule has 0 aromatic rings. The van der Waals surface area contributed by atoms with E-state index in [1.807, 2.05) is 0 Å². The lowest BCUT2D eigenvalue weighted by Gasteiger charge is -1.95. The third-order valence-electron chi connectivity index (χ3n) is 1.26. The van der Waals surface area contributed by atoms with E-state index in [0.717, 1.165) is 6.08 Å². The Labute approximate surface area is 74.9 Å². The molecule has 5 heteroatoms. The standard InChI is InChI=1S/C8H8N2O3/c1-7(8(13)10-6-12)3-2-4-9-5-11/h1-4H2. The molecular weight excluding hydrogens is 172 g/mol. The molecule has 0 aliphatic heterocycles. The molecule has 0 atom stereocenters. The highest BCUT2D eigenvalue weighted by Crippen LogP contribution is 2.03. The van der Waals surface area contributed by atoms with Gasteiger partial charge >= 0.3 is 0 Å². The maximum Gasteiger partial charge on any atom is 0.283 e. The van der Waals surface area contributed by atoms with Crippen molar-refractivity contribution in [2.75, 3.05) is 6.54 Å². The van der Waals surface area contributed by atoms with Crippen LogP contribution in [0.4, 0.5) is 0 Å². The summed E-state index contributed by atoms with van der Waals surface area (Å²) in [5, 5.41) is 0. The maximum atomic E-state index is 10.8. The van der Waals surface area contributed by atoms with Gasteiger partial charge in [0.2, 0.25) is 12.2 Å². The summed E-state index contributed by atoms with van der Waals surface area (Å²) in [7, 11) is 0. The lowest BCUT2D eigenvalue weighted by molar-refractivity contribution is -0.114. The number of amides is 1. The molecule has 5 nitrogen and oxygen atoms in total. The molecule has 13 heavy (non-hydrogen) atoms. The minimum Gasteiger partial charge on any atom is -0.266 e. The molecule has 0 aromatic heterocycles. The first-order chi connectivity index (χ1) is 6.22. The summed E-state index contributed by atoms with van der Waals surface area (Å²) in [5.74, 6) is -0.676. The van der Waals surface area contributed by atoms with Crippen LogP contribution in [0, 0.1) is 0 Å². The van der Waals surface area contributed by atoms with Crippen LogP contribution in [-0.4, -0.2) is 24.6 Å². The zero-order valence-corrected chi connectivity index (χ0v) is 6.95. The Bertz CT molecular complexity index is 297. The minimum atomic E-state index is -0.676. The van der Waals surface area contributed by atoms with E-state index in [-0.39, 0.29) is 5.57 Å². The van der Waals surface area contributed by atoms with Crippen molar-refractivity contribution in [3.8, 4) is 0 Å². The zero-order valence-electron chi connectivity index (χ0n) is 6.95. The molecule has 0 radical (unpaired) electrons. The fourth-order valence-electron chi connectivity index (χ4n) is 0.645. The van der Waals surface area contributed by atoms with Gasteiger partial charge in [-0.1, -0.05) is 6.58 Å². The first-order valence-electron chi connectivity index (χ1n) is 3.56. The number of nitrogens with zero attached hydrogens (tertiary/aromatic N) is 2. The molecule has 0 aliphatic rings. The number of rotatable bonds is 5. The second-order valence-corrected chi connectivity index (χ2v) is 2.19. The summed E-state index contributed by atoms with van der Waals surface area (Å²) in [5.41, 5.74) is 0.212. The molecule has 0 saturated heterocycles. The van der Waals surface area contributed by atoms with Crippen LogP contribution in [0.5, 0.6) is 0 Å². The lowest BCUT2D eigenvalue weighted by atomic mass is 10.1. The molecule has 0 heterocycles. The van der Waals surface area contributed by atoms with Crippen LogP contribution in [0.3, 0.4) is 0 Å². The van der Waals surface area contributed by atoms with Gasteiger partial charge in [0.1, 0.15) is 0 Å². The fraction of sp³-hybridized carbons (Fsp3) is 0.375. The number of hydrogen-bond acceptors (Lipinski definition) is 4. The third kappa shape index (κ3) is 5.44. The van der Waals surface area contributed by atoms with Crippen molar-refractivity contribution in [2.45, 2.75) is 12.8 Å². The van der Waals surface area contributed by atoms with Crippen molar-refractivity contribution in [1.29, 1.82) is 0 Å². The predicted molar refractivity (Wildman–Crippen MR) is 44.5 cm³/mol. The largest absolute Gasteiger partial charge is 0.283 e. The average Bonchev–Trinajstić information content (AvgIpc) is 2.12. The molecule has 0 rings (SSSR count). The molecule has 0 saturated carbocycles. The summed E-state index contributed by atoms with van der Waals surface area (Å²) < 4.78 is 0. The van der Waals surface area contributed by atoms with Crippen LogP contribution in [0.1, 0.15) is 12.8 Å². The van der Waals surface area contributed by atoms with Gasteiger partial charge < -0.3 is 0 Å². The first-order valence-corrected chi connectivity index (χ1v) is 3.56. The molecule has 0 unspecified atom stereocenters. The van der Waals surface area contributed by atoms with E-state index in [9.17, 15) is 14.4 Å². The molecule has 0 spiro atoms. The molecule has 0 aromatic carbocycles. The van der Waals surface area contributed by atoms with Gasteiger partial charge in [-0.15, -0.1) is 4.99 Å². The first kappa shape index (κ1) is 11.2. The van der Waals surface area contributed by atoms with E-state index in [1.54, 1.807) is 0 Å². The Balaban J connectivity index is 3.81. The van der Waals surface area contributed by atoms with E-state index in [4.69, 9.17) is 0 Å². The van der Waals surface area contributed by atoms with Gasteiger partial charge in [0.15, 0.2) is 0 Å². The van der Waals surface area contributed by atoms with E-state index >= 15 is 0 Å². The summed E-state index contributed by atoms with van der Waals surface area (Å²) in [6, 6.07) is 0. The monoisotopic (exact) mass is 180 g/mol. The van der Waals surface area contributed by atoms with Gasteiger partial charge in [-0.25, -0.2) is 14.6 Å². The molecule has 0 N–H and O–H groups in total. The van der Waals surface area contributed by atoms with Gasteiger partial charge in [0, 0.05) is 5.57 Å². The summed E-state index contributed by atoms with van der Waals surface area (Å²) >= 11 is 0.